The van der Waals surface area contributed by atoms with Gasteiger partial charge in [0.05, 0.1) is 5.88 Å². The standard InChI is InChI=1S/C22H27N3O3S/c1-15-7-5-6-10-17(15)12-24-21(27)19-13-29-14-25(19)22(28)20(26)18(23)11-16-8-3-2-4-9-16/h2-10,18-20,26H,11-14,23H2,1H3,(H,24,27)/t18-,19-,20-/m0/s1. The highest BCUT2D eigenvalue weighted by molar-refractivity contribution is 7.99. The average molecular weight is 414 g/mol. The third-order valence-corrected chi connectivity index (χ3v) is 6.17. The van der Waals surface area contributed by atoms with Crippen molar-refractivity contribution in [1.82, 2.24) is 10.2 Å². The van der Waals surface area contributed by atoms with Crippen LogP contribution in [0.5, 0.6) is 0 Å². The number of nitrogens with zero attached hydrogens (tertiary/aromatic N) is 1. The Morgan fingerprint density at radius 1 is 1.21 bits per heavy atom. The van der Waals surface area contributed by atoms with Gasteiger partial charge in [-0.2, -0.15) is 0 Å². The van der Waals surface area contributed by atoms with Crippen molar-refractivity contribution >= 4 is 23.6 Å². The van der Waals surface area contributed by atoms with E-state index in [-0.39, 0.29) is 5.91 Å². The van der Waals surface area contributed by atoms with E-state index in [0.717, 1.165) is 16.7 Å². The number of carbonyl (C=O) groups is 2. The largest absolute Gasteiger partial charge is 0.382 e. The van der Waals surface area contributed by atoms with Crippen molar-refractivity contribution in [2.24, 2.45) is 5.73 Å². The molecule has 2 amide bonds. The highest BCUT2D eigenvalue weighted by Crippen LogP contribution is 2.23. The number of nitrogens with one attached hydrogen (secondary N) is 1. The van der Waals surface area contributed by atoms with E-state index in [4.69, 9.17) is 5.73 Å². The molecule has 0 saturated carbocycles. The number of hydrogen-bond acceptors (Lipinski definition) is 5. The summed E-state index contributed by atoms with van der Waals surface area (Å²) in [7, 11) is 0. The summed E-state index contributed by atoms with van der Waals surface area (Å²) in [6.45, 7) is 2.40. The van der Waals surface area contributed by atoms with Gasteiger partial charge < -0.3 is 21.1 Å². The molecule has 6 nitrogen and oxygen atoms in total. The lowest BCUT2D eigenvalue weighted by molar-refractivity contribution is -0.145. The van der Waals surface area contributed by atoms with Crippen molar-refractivity contribution < 1.29 is 14.7 Å². The third-order valence-electron chi connectivity index (χ3n) is 5.16. The molecule has 7 heteroatoms. The first-order chi connectivity index (χ1) is 14.0. The normalized spacial score (nSPS) is 18.3. The van der Waals surface area contributed by atoms with Crippen molar-refractivity contribution in [3.05, 3.63) is 71.3 Å². The van der Waals surface area contributed by atoms with Gasteiger partial charge in [0.25, 0.3) is 5.91 Å². The second-order valence-corrected chi connectivity index (χ2v) is 8.27. The fraction of sp³-hybridized carbons (Fsp3) is 0.364. The van der Waals surface area contributed by atoms with Gasteiger partial charge in [0.15, 0.2) is 0 Å². The fourth-order valence-corrected chi connectivity index (χ4v) is 4.50. The third kappa shape index (κ3) is 5.38. The van der Waals surface area contributed by atoms with Gasteiger partial charge in [-0.05, 0) is 30.0 Å². The minimum Gasteiger partial charge on any atom is -0.382 e. The fourth-order valence-electron chi connectivity index (χ4n) is 3.34. The van der Waals surface area contributed by atoms with Crippen LogP contribution in [-0.4, -0.2) is 51.6 Å². The van der Waals surface area contributed by atoms with Gasteiger partial charge >= 0.3 is 0 Å². The molecule has 3 atom stereocenters. The lowest BCUT2D eigenvalue weighted by atomic mass is 10.0. The summed E-state index contributed by atoms with van der Waals surface area (Å²) < 4.78 is 0. The molecule has 0 unspecified atom stereocenters. The zero-order valence-electron chi connectivity index (χ0n) is 16.5. The predicted octanol–water partition coefficient (Wildman–Crippen LogP) is 1.44. The minimum absolute atomic E-state index is 0.213. The number of rotatable bonds is 7. The molecule has 1 heterocycles. The first-order valence-electron chi connectivity index (χ1n) is 9.65. The second kappa shape index (κ2) is 9.91. The van der Waals surface area contributed by atoms with Crippen molar-refractivity contribution in [3.8, 4) is 0 Å². The Hall–Kier alpha value is -2.35. The van der Waals surface area contributed by atoms with E-state index >= 15 is 0 Å². The zero-order chi connectivity index (χ0) is 20.8. The molecule has 3 rings (SSSR count). The molecule has 0 aliphatic carbocycles. The smallest absolute Gasteiger partial charge is 0.254 e. The van der Waals surface area contributed by atoms with Crippen molar-refractivity contribution in [2.45, 2.75) is 38.1 Å². The van der Waals surface area contributed by atoms with Crippen LogP contribution in [0.25, 0.3) is 0 Å². The van der Waals surface area contributed by atoms with Crippen molar-refractivity contribution in [2.75, 3.05) is 11.6 Å². The van der Waals surface area contributed by atoms with Crippen LogP contribution in [0.1, 0.15) is 16.7 Å². The number of aliphatic hydroxyl groups is 1. The molecule has 2 aromatic rings. The van der Waals surface area contributed by atoms with Crippen LogP contribution in [0.2, 0.25) is 0 Å². The van der Waals surface area contributed by atoms with Gasteiger partial charge in [0.1, 0.15) is 12.1 Å². The highest BCUT2D eigenvalue weighted by atomic mass is 32.2. The Morgan fingerprint density at radius 2 is 1.90 bits per heavy atom. The molecule has 4 N–H and O–H groups in total. The molecule has 0 spiro atoms. The van der Waals surface area contributed by atoms with E-state index in [0.29, 0.717) is 24.6 Å². The number of aryl methyl sites for hydroxylation is 1. The number of hydrogen-bond donors (Lipinski definition) is 3. The summed E-state index contributed by atoms with van der Waals surface area (Å²) in [5, 5.41) is 13.4. The summed E-state index contributed by atoms with van der Waals surface area (Å²) in [5.41, 5.74) is 9.18. The Balaban J connectivity index is 1.59. The van der Waals surface area contributed by atoms with Crippen LogP contribution in [0.4, 0.5) is 0 Å². The number of nitrogens with two attached hydrogens (primary N) is 1. The van der Waals surface area contributed by atoms with E-state index in [9.17, 15) is 14.7 Å². The van der Waals surface area contributed by atoms with Gasteiger partial charge in [-0.3, -0.25) is 9.59 Å². The Morgan fingerprint density at radius 3 is 2.62 bits per heavy atom. The highest BCUT2D eigenvalue weighted by Gasteiger charge is 2.38. The SMILES string of the molecule is Cc1ccccc1CNC(=O)[C@@H]1CSCN1C(=O)[C@@H](O)[C@@H](N)Cc1ccccc1. The quantitative estimate of drug-likeness (QED) is 0.638. The minimum atomic E-state index is -1.35. The molecule has 1 aliphatic rings. The molecule has 154 valence electrons. The first-order valence-corrected chi connectivity index (χ1v) is 10.8. The Kier molecular flexibility index (Phi) is 7.30. The van der Waals surface area contributed by atoms with Gasteiger partial charge in [-0.15, -0.1) is 11.8 Å². The number of carbonyl (C=O) groups excluding carboxylic acids is 2. The van der Waals surface area contributed by atoms with Crippen LogP contribution in [0.15, 0.2) is 54.6 Å². The number of thioether (sulfide) groups is 1. The second-order valence-electron chi connectivity index (χ2n) is 7.27. The summed E-state index contributed by atoms with van der Waals surface area (Å²) in [5.74, 6) is 0.174. The van der Waals surface area contributed by atoms with Crippen LogP contribution < -0.4 is 11.1 Å². The first kappa shape index (κ1) is 21.4. The van der Waals surface area contributed by atoms with E-state index in [1.165, 1.54) is 16.7 Å². The molecule has 0 radical (unpaired) electrons. The van der Waals surface area contributed by atoms with E-state index in [1.807, 2.05) is 61.5 Å². The van der Waals surface area contributed by atoms with Crippen LogP contribution >= 0.6 is 11.8 Å². The van der Waals surface area contributed by atoms with Gasteiger partial charge in [0.2, 0.25) is 5.91 Å². The molecule has 1 fully saturated rings. The van der Waals surface area contributed by atoms with Crippen molar-refractivity contribution in [3.63, 3.8) is 0 Å². The van der Waals surface area contributed by atoms with E-state index in [2.05, 4.69) is 5.32 Å². The van der Waals surface area contributed by atoms with Crippen LogP contribution in [0, 0.1) is 6.92 Å². The molecule has 29 heavy (non-hydrogen) atoms. The monoisotopic (exact) mass is 413 g/mol. The summed E-state index contributed by atoms with van der Waals surface area (Å²) >= 11 is 1.50. The lowest BCUT2D eigenvalue weighted by Crippen LogP contribution is -2.54. The maximum Gasteiger partial charge on any atom is 0.254 e. The molecule has 2 aromatic carbocycles. The van der Waals surface area contributed by atoms with E-state index in [1.54, 1.807) is 0 Å². The summed E-state index contributed by atoms with van der Waals surface area (Å²) in [6, 6.07) is 16.0. The number of aliphatic hydroxyl groups excluding tert-OH is 1. The Labute approximate surface area is 175 Å². The zero-order valence-corrected chi connectivity index (χ0v) is 17.3. The lowest BCUT2D eigenvalue weighted by Gasteiger charge is -2.28. The topological polar surface area (TPSA) is 95.7 Å². The van der Waals surface area contributed by atoms with Crippen molar-refractivity contribution in [1.29, 1.82) is 0 Å². The average Bonchev–Trinajstić information content (AvgIpc) is 3.22. The molecule has 0 bridgehead atoms. The summed E-state index contributed by atoms with van der Waals surface area (Å²) in [4.78, 5) is 27.0. The molecule has 1 aliphatic heterocycles. The van der Waals surface area contributed by atoms with Gasteiger partial charge in [-0.25, -0.2) is 0 Å². The van der Waals surface area contributed by atoms with E-state index < -0.39 is 24.1 Å². The molecule has 1 saturated heterocycles. The maximum atomic E-state index is 12.8. The summed E-state index contributed by atoms with van der Waals surface area (Å²) in [6.07, 6.45) is -0.959. The predicted molar refractivity (Wildman–Crippen MR) is 115 cm³/mol. The number of amides is 2. The maximum absolute atomic E-state index is 12.8. The van der Waals surface area contributed by atoms with Crippen LogP contribution in [-0.2, 0) is 22.6 Å². The molecular formula is C22H27N3O3S. The van der Waals surface area contributed by atoms with Crippen LogP contribution in [0.3, 0.4) is 0 Å². The number of benzene rings is 2. The Bertz CT molecular complexity index is 846. The van der Waals surface area contributed by atoms with Gasteiger partial charge in [-0.1, -0.05) is 54.6 Å². The molecule has 0 aromatic heterocycles. The molecular weight excluding hydrogens is 386 g/mol. The van der Waals surface area contributed by atoms with Gasteiger partial charge in [0, 0.05) is 18.3 Å².